The lowest BCUT2D eigenvalue weighted by atomic mass is 9.95. The Morgan fingerprint density at radius 3 is 2.51 bits per heavy atom. The first-order valence-electron chi connectivity index (χ1n) is 11.1. The van der Waals surface area contributed by atoms with Crippen LogP contribution in [-0.4, -0.2) is 13.7 Å². The number of nitrogens with zero attached hydrogens (tertiary/aromatic N) is 3. The number of hydrogen-bond acceptors (Lipinski definition) is 3. The number of aromatic nitrogens is 3. The fourth-order valence-corrected chi connectivity index (χ4v) is 5.26. The lowest BCUT2D eigenvalue weighted by molar-refractivity contribution is 0.630. The lowest BCUT2D eigenvalue weighted by Crippen LogP contribution is -2.37. The second-order valence-corrected chi connectivity index (χ2v) is 9.04. The van der Waals surface area contributed by atoms with Crippen molar-refractivity contribution in [2.75, 3.05) is 5.32 Å². The van der Waals surface area contributed by atoms with Crippen LogP contribution < -0.4 is 16.6 Å². The van der Waals surface area contributed by atoms with Crippen LogP contribution in [0.15, 0.2) is 76.3 Å². The molecule has 0 amide bonds. The zero-order chi connectivity index (χ0) is 24.4. The molecule has 5 aromatic rings. The normalized spacial score (nSPS) is 12.3. The van der Waals surface area contributed by atoms with Gasteiger partial charge in [-0.3, -0.25) is 13.9 Å². The third kappa shape index (κ3) is 3.01. The van der Waals surface area contributed by atoms with E-state index in [1.54, 1.807) is 31.3 Å². The molecule has 1 aliphatic rings. The molecular formula is C27H20ClFN4O2. The number of nitrogens with one attached hydrogen (secondary N) is 1. The first-order chi connectivity index (χ1) is 16.9. The Labute approximate surface area is 204 Å². The van der Waals surface area contributed by atoms with Crippen molar-refractivity contribution in [2.24, 2.45) is 14.1 Å². The van der Waals surface area contributed by atoms with Gasteiger partial charge in [0.25, 0.3) is 5.56 Å². The first kappa shape index (κ1) is 21.4. The number of hydrogen-bond donors (Lipinski definition) is 1. The quantitative estimate of drug-likeness (QED) is 0.378. The molecule has 1 aliphatic heterocycles. The maximum absolute atomic E-state index is 15.8. The smallest absolute Gasteiger partial charge is 0.331 e. The summed E-state index contributed by atoms with van der Waals surface area (Å²) < 4.78 is 20.3. The molecule has 6 nitrogen and oxygen atoms in total. The molecule has 3 aromatic carbocycles. The number of para-hydroxylation sites is 2. The summed E-state index contributed by atoms with van der Waals surface area (Å²) in [6.07, 6.45) is 0. The van der Waals surface area contributed by atoms with Crippen LogP contribution in [-0.2, 0) is 20.6 Å². The van der Waals surface area contributed by atoms with Gasteiger partial charge in [-0.25, -0.2) is 9.18 Å². The molecule has 0 fully saturated rings. The Bertz CT molecular complexity index is 1800. The predicted molar refractivity (Wildman–Crippen MR) is 137 cm³/mol. The first-order valence-corrected chi connectivity index (χ1v) is 11.5. The van der Waals surface area contributed by atoms with Crippen LogP contribution in [0.25, 0.3) is 39.0 Å². The molecule has 0 saturated carbocycles. The number of fused-ring (bicyclic) bond motifs is 5. The Morgan fingerprint density at radius 2 is 1.71 bits per heavy atom. The summed E-state index contributed by atoms with van der Waals surface area (Å²) in [7, 11) is 3.07. The number of aryl methyl sites for hydroxylation is 1. The van der Waals surface area contributed by atoms with E-state index in [9.17, 15) is 9.59 Å². The van der Waals surface area contributed by atoms with Gasteiger partial charge < -0.3 is 9.88 Å². The van der Waals surface area contributed by atoms with Crippen molar-refractivity contribution in [2.45, 2.75) is 6.54 Å². The topological polar surface area (TPSA) is 61.0 Å². The average Bonchev–Trinajstić information content (AvgIpc) is 3.21. The largest absolute Gasteiger partial charge is 0.378 e. The maximum Gasteiger partial charge on any atom is 0.331 e. The number of benzene rings is 3. The highest BCUT2D eigenvalue weighted by Gasteiger charge is 2.31. The van der Waals surface area contributed by atoms with Gasteiger partial charge in [0.2, 0.25) is 0 Å². The van der Waals surface area contributed by atoms with E-state index in [0.717, 1.165) is 21.5 Å². The van der Waals surface area contributed by atoms with Crippen molar-refractivity contribution in [3.63, 3.8) is 0 Å². The second kappa shape index (κ2) is 7.71. The van der Waals surface area contributed by atoms with E-state index in [2.05, 4.69) is 5.32 Å². The van der Waals surface area contributed by atoms with Crippen molar-refractivity contribution < 1.29 is 4.39 Å². The molecular weight excluding hydrogens is 467 g/mol. The highest BCUT2D eigenvalue weighted by Crippen LogP contribution is 2.43. The van der Waals surface area contributed by atoms with Gasteiger partial charge in [-0.05, 0) is 41.5 Å². The third-order valence-electron chi connectivity index (χ3n) is 6.65. The number of halogens is 2. The molecule has 2 aromatic heterocycles. The molecule has 0 saturated heterocycles. The molecule has 0 aliphatic carbocycles. The van der Waals surface area contributed by atoms with Gasteiger partial charge in [0.15, 0.2) is 0 Å². The molecule has 0 bridgehead atoms. The van der Waals surface area contributed by atoms with E-state index >= 15 is 4.39 Å². The molecule has 8 heteroatoms. The van der Waals surface area contributed by atoms with Crippen molar-refractivity contribution in [3.8, 4) is 28.1 Å². The Kier molecular flexibility index (Phi) is 4.72. The summed E-state index contributed by atoms with van der Waals surface area (Å²) in [5, 5.41) is 4.18. The van der Waals surface area contributed by atoms with Crippen LogP contribution in [0.2, 0.25) is 5.02 Å². The van der Waals surface area contributed by atoms with E-state index < -0.39 is 17.1 Å². The molecule has 0 radical (unpaired) electrons. The summed E-state index contributed by atoms with van der Waals surface area (Å²) in [5.74, 6) is -0.475. The molecule has 35 heavy (non-hydrogen) atoms. The van der Waals surface area contributed by atoms with Gasteiger partial charge in [0.1, 0.15) is 5.82 Å². The van der Waals surface area contributed by atoms with Crippen molar-refractivity contribution in [1.29, 1.82) is 0 Å². The summed E-state index contributed by atoms with van der Waals surface area (Å²) >= 11 is 6.27. The summed E-state index contributed by atoms with van der Waals surface area (Å²) in [6, 6.07) is 19.7. The Balaban J connectivity index is 1.87. The Morgan fingerprint density at radius 1 is 0.943 bits per heavy atom. The molecule has 0 atom stereocenters. The zero-order valence-corrected chi connectivity index (χ0v) is 19.7. The van der Waals surface area contributed by atoms with Crippen molar-refractivity contribution in [1.82, 2.24) is 13.7 Å². The minimum atomic E-state index is -0.475. The highest BCUT2D eigenvalue weighted by molar-refractivity contribution is 6.30. The van der Waals surface area contributed by atoms with Gasteiger partial charge >= 0.3 is 5.69 Å². The van der Waals surface area contributed by atoms with Gasteiger partial charge in [-0.1, -0.05) is 48.0 Å². The zero-order valence-electron chi connectivity index (χ0n) is 19.0. The van der Waals surface area contributed by atoms with Gasteiger partial charge in [0.05, 0.1) is 40.2 Å². The molecule has 0 spiro atoms. The summed E-state index contributed by atoms with van der Waals surface area (Å²) in [5.41, 5.74) is 3.91. The average molecular weight is 487 g/mol. The van der Waals surface area contributed by atoms with Crippen LogP contribution in [0, 0.1) is 5.82 Å². The molecule has 3 heterocycles. The predicted octanol–water partition coefficient (Wildman–Crippen LogP) is 5.08. The third-order valence-corrected chi connectivity index (χ3v) is 6.88. The van der Waals surface area contributed by atoms with E-state index in [4.69, 9.17) is 11.6 Å². The number of anilines is 1. The van der Waals surface area contributed by atoms with Gasteiger partial charge in [-0.15, -0.1) is 0 Å². The van der Waals surface area contributed by atoms with E-state index in [0.29, 0.717) is 34.0 Å². The van der Waals surface area contributed by atoms with Crippen molar-refractivity contribution >= 4 is 28.2 Å². The van der Waals surface area contributed by atoms with Crippen LogP contribution in [0.4, 0.5) is 10.1 Å². The van der Waals surface area contributed by atoms with Crippen molar-refractivity contribution in [3.05, 3.63) is 104 Å². The lowest BCUT2D eigenvalue weighted by Gasteiger charge is -2.24. The molecule has 174 valence electrons. The van der Waals surface area contributed by atoms with Crippen LogP contribution in [0.1, 0.15) is 5.69 Å². The highest BCUT2D eigenvalue weighted by atomic mass is 35.5. The fourth-order valence-electron chi connectivity index (χ4n) is 5.07. The fraction of sp³-hybridized carbons (Fsp3) is 0.111. The second-order valence-electron chi connectivity index (χ2n) is 8.60. The van der Waals surface area contributed by atoms with Crippen LogP contribution in [0.3, 0.4) is 0 Å². The van der Waals surface area contributed by atoms with Gasteiger partial charge in [-0.2, -0.15) is 0 Å². The SMILES string of the molecule is Cn1c(=O)c2c(-c3c(F)cccc3-c3cccc(Cl)c3)n3c(c2n(C)c1=O)CNc1ccccc1-3. The summed E-state index contributed by atoms with van der Waals surface area (Å²) in [6.45, 7) is 0.370. The van der Waals surface area contributed by atoms with E-state index in [1.165, 1.54) is 17.7 Å². The summed E-state index contributed by atoms with van der Waals surface area (Å²) in [4.78, 5) is 26.5. The van der Waals surface area contributed by atoms with Gasteiger partial charge in [0, 0.05) is 24.7 Å². The number of rotatable bonds is 2. The van der Waals surface area contributed by atoms with E-state index in [-0.39, 0.29) is 10.9 Å². The minimum absolute atomic E-state index is 0.276. The monoisotopic (exact) mass is 486 g/mol. The molecule has 1 N–H and O–H groups in total. The minimum Gasteiger partial charge on any atom is -0.378 e. The van der Waals surface area contributed by atoms with E-state index in [1.807, 2.05) is 41.0 Å². The molecule has 0 unspecified atom stereocenters. The molecule has 6 rings (SSSR count). The van der Waals surface area contributed by atoms with Crippen LogP contribution >= 0.6 is 11.6 Å². The Hall–Kier alpha value is -4.10. The maximum atomic E-state index is 15.8. The standard InChI is InChI=1S/C27H20ClFN4O2/c1-31-24-21-14-30-19-11-3-4-12-20(19)33(21)25(23(24)26(34)32(2)27(31)35)22-17(9-6-10-18(22)29)15-7-5-8-16(28)13-15/h3-13,30H,14H2,1-2H3. The van der Waals surface area contributed by atoms with Crippen LogP contribution in [0.5, 0.6) is 0 Å².